The van der Waals surface area contributed by atoms with E-state index >= 15 is 0 Å². The molecule has 1 fully saturated rings. The zero-order chi connectivity index (χ0) is 31.3. The number of benzene rings is 1. The van der Waals surface area contributed by atoms with Crippen LogP contribution in [-0.4, -0.2) is 43.0 Å². The highest BCUT2D eigenvalue weighted by Gasteiger charge is 2.36. The summed E-state index contributed by atoms with van der Waals surface area (Å²) >= 11 is 3.36. The van der Waals surface area contributed by atoms with Crippen LogP contribution in [0.5, 0.6) is 5.75 Å². The fourth-order valence-electron chi connectivity index (χ4n) is 5.64. The second-order valence-electron chi connectivity index (χ2n) is 11.5. The summed E-state index contributed by atoms with van der Waals surface area (Å²) in [6, 6.07) is 7.69. The summed E-state index contributed by atoms with van der Waals surface area (Å²) in [6.45, 7) is 11.9. The molecule has 228 valence electrons. The third kappa shape index (κ3) is 7.28. The Balaban J connectivity index is 0.000000782. The molecule has 1 aliphatic carbocycles. The van der Waals surface area contributed by atoms with E-state index in [1.165, 1.54) is 31.4 Å². The van der Waals surface area contributed by atoms with Crippen molar-refractivity contribution in [3.8, 4) is 11.4 Å². The third-order valence-electron chi connectivity index (χ3n) is 8.46. The minimum absolute atomic E-state index is 0.0185. The maximum atomic E-state index is 12.4. The minimum Gasteiger partial charge on any atom is -0.506 e. The van der Waals surface area contributed by atoms with Crippen LogP contribution in [0.3, 0.4) is 0 Å². The van der Waals surface area contributed by atoms with Gasteiger partial charge in [0.2, 0.25) is 0 Å². The number of allylic oxidation sites excluding steroid dienone is 1. The van der Waals surface area contributed by atoms with Crippen molar-refractivity contribution < 1.29 is 14.7 Å². The quantitative estimate of drug-likeness (QED) is 0.137. The van der Waals surface area contributed by atoms with E-state index in [1.54, 1.807) is 12.3 Å². The summed E-state index contributed by atoms with van der Waals surface area (Å²) in [6.07, 6.45) is 9.75. The number of anilines is 1. The van der Waals surface area contributed by atoms with Gasteiger partial charge in [0.25, 0.3) is 0 Å². The van der Waals surface area contributed by atoms with Gasteiger partial charge in [0.15, 0.2) is 11.7 Å². The monoisotopic (exact) mass is 647 g/mol. The predicted molar refractivity (Wildman–Crippen MR) is 175 cm³/mol. The molecule has 3 N–H and O–H groups in total. The number of nitrogens with two attached hydrogens (primary N) is 1. The van der Waals surface area contributed by atoms with Crippen molar-refractivity contribution in [3.63, 3.8) is 0 Å². The molecule has 1 aromatic carbocycles. The van der Waals surface area contributed by atoms with E-state index in [2.05, 4.69) is 65.2 Å². The summed E-state index contributed by atoms with van der Waals surface area (Å²) in [5.41, 5.74) is 13.0. The largest absolute Gasteiger partial charge is 0.506 e. The van der Waals surface area contributed by atoms with E-state index in [1.807, 2.05) is 16.8 Å². The van der Waals surface area contributed by atoms with E-state index in [0.717, 1.165) is 48.3 Å². The molecule has 43 heavy (non-hydrogen) atoms. The van der Waals surface area contributed by atoms with Crippen LogP contribution in [0.4, 0.5) is 5.69 Å². The molecule has 2 atom stereocenters. The number of hydrogen-bond acceptors (Lipinski definition) is 7. The molecular weight excluding hydrogens is 606 g/mol. The minimum atomic E-state index is -0.0631. The first-order valence-corrected chi connectivity index (χ1v) is 15.9. The number of nitrogen functional groups attached to an aromatic ring is 1. The van der Waals surface area contributed by atoms with Gasteiger partial charge in [-0.3, -0.25) is 4.79 Å². The Morgan fingerprint density at radius 2 is 2.02 bits per heavy atom. The number of fused-ring (bicyclic) bond motifs is 1. The fraction of sp³-hybridized carbons (Fsp3) is 0.441. The molecule has 8 nitrogen and oxygen atoms in total. The highest BCUT2D eigenvalue weighted by Crippen LogP contribution is 2.44. The standard InChI is InChI=1S/C30H36BrN5O2.C4H6O/c1-4-18(3)6-10-23-30-24(5-2)35(27(17-37)21-16-33-29(31)15-22(21)32)13-12-26(30)36(34-23)25-11-9-20(14-28(25)38)19-7-8-19;1-3-4(2)5/h9,11,14-16,18-19,24,38H,4-8,10,12-13H2,1-3H3,(H2,32,33);3H,1H2,2H3. The lowest BCUT2D eigenvalue weighted by Crippen LogP contribution is -2.35. The zero-order valence-electron chi connectivity index (χ0n) is 25.6. The lowest BCUT2D eigenvalue weighted by molar-refractivity contribution is -0.112. The van der Waals surface area contributed by atoms with Gasteiger partial charge in [-0.25, -0.2) is 14.5 Å². The van der Waals surface area contributed by atoms with Crippen LogP contribution in [0.1, 0.15) is 99.8 Å². The van der Waals surface area contributed by atoms with E-state index in [4.69, 9.17) is 10.8 Å². The van der Waals surface area contributed by atoms with Crippen molar-refractivity contribution in [3.05, 3.63) is 75.8 Å². The Morgan fingerprint density at radius 1 is 1.30 bits per heavy atom. The molecule has 5 rings (SSSR count). The molecule has 9 heteroatoms. The highest BCUT2D eigenvalue weighted by atomic mass is 79.9. The summed E-state index contributed by atoms with van der Waals surface area (Å²) in [7, 11) is 0. The number of phenolic OH excluding ortho intramolecular Hbond substituents is 1. The highest BCUT2D eigenvalue weighted by molar-refractivity contribution is 9.10. The molecule has 0 radical (unpaired) electrons. The molecule has 0 saturated heterocycles. The van der Waals surface area contributed by atoms with Gasteiger partial charge in [-0.2, -0.15) is 5.10 Å². The van der Waals surface area contributed by atoms with Gasteiger partial charge in [-0.1, -0.05) is 39.8 Å². The number of carbonyl (C=O) groups is 1. The first-order chi connectivity index (χ1) is 20.6. The van der Waals surface area contributed by atoms with Crippen LogP contribution < -0.4 is 5.73 Å². The smallest absolute Gasteiger partial charge is 0.152 e. The van der Waals surface area contributed by atoms with E-state index < -0.39 is 0 Å². The molecule has 0 amide bonds. The lowest BCUT2D eigenvalue weighted by Gasteiger charge is -2.38. The predicted octanol–water partition coefficient (Wildman–Crippen LogP) is 7.12. The van der Waals surface area contributed by atoms with Crippen molar-refractivity contribution in [1.82, 2.24) is 19.7 Å². The van der Waals surface area contributed by atoms with Gasteiger partial charge in [-0.05, 0) is 96.6 Å². The average molecular weight is 649 g/mol. The Kier molecular flexibility index (Phi) is 10.6. The van der Waals surface area contributed by atoms with Gasteiger partial charge in [-0.15, -0.1) is 0 Å². The number of halogens is 1. The number of aromatic nitrogens is 3. The number of hydrogen-bond donors (Lipinski definition) is 2. The molecular formula is C34H42BrN5O3. The number of phenols is 1. The number of rotatable bonds is 10. The second kappa shape index (κ2) is 14.2. The summed E-state index contributed by atoms with van der Waals surface area (Å²) in [5, 5.41) is 16.2. The maximum Gasteiger partial charge on any atom is 0.152 e. The number of carbonyl (C=O) groups excluding carboxylic acids is 2. The Morgan fingerprint density at radius 3 is 2.58 bits per heavy atom. The van der Waals surface area contributed by atoms with Gasteiger partial charge in [0, 0.05) is 30.4 Å². The van der Waals surface area contributed by atoms with E-state index in [0.29, 0.717) is 46.4 Å². The van der Waals surface area contributed by atoms with Gasteiger partial charge < -0.3 is 15.7 Å². The first-order valence-electron chi connectivity index (χ1n) is 15.1. The molecule has 3 aromatic rings. The van der Waals surface area contributed by atoms with Crippen LogP contribution in [0, 0.1) is 5.92 Å². The number of aryl methyl sites for hydroxylation is 1. The number of ketones is 1. The molecule has 1 saturated carbocycles. The van der Waals surface area contributed by atoms with Gasteiger partial charge >= 0.3 is 0 Å². The Hall–Kier alpha value is -3.68. The van der Waals surface area contributed by atoms with Crippen molar-refractivity contribution in [2.45, 2.75) is 84.6 Å². The molecule has 1 aliphatic heterocycles. The molecule has 0 bridgehead atoms. The normalized spacial score (nSPS) is 16.4. The average Bonchev–Trinajstić information content (AvgIpc) is 3.79. The number of nitrogens with zero attached hydrogens (tertiary/aromatic N) is 4. The molecule has 2 unspecified atom stereocenters. The lowest BCUT2D eigenvalue weighted by atomic mass is 9.90. The van der Waals surface area contributed by atoms with Crippen LogP contribution in [0.15, 0.2) is 47.7 Å². The van der Waals surface area contributed by atoms with Crippen molar-refractivity contribution in [2.24, 2.45) is 5.92 Å². The van der Waals surface area contributed by atoms with Crippen molar-refractivity contribution in [1.29, 1.82) is 0 Å². The maximum absolute atomic E-state index is 12.4. The fourth-order valence-corrected chi connectivity index (χ4v) is 5.99. The first kappa shape index (κ1) is 32.2. The van der Waals surface area contributed by atoms with Crippen LogP contribution in [-0.2, 0) is 22.4 Å². The topological polar surface area (TPSA) is 114 Å². The van der Waals surface area contributed by atoms with Crippen molar-refractivity contribution in [2.75, 3.05) is 12.3 Å². The number of aromatic hydroxyl groups is 1. The van der Waals surface area contributed by atoms with Crippen LogP contribution >= 0.6 is 15.9 Å². The van der Waals surface area contributed by atoms with Gasteiger partial charge in [0.05, 0.1) is 23.0 Å². The van der Waals surface area contributed by atoms with Crippen LogP contribution in [0.2, 0.25) is 0 Å². The SMILES string of the molecule is C=CC(C)=O.CCC(C)CCc1nn(-c2ccc(C3CC3)cc2O)c2c1C(CC)N(C(=C=O)c1cnc(Br)cc1N)CC2. The van der Waals surface area contributed by atoms with E-state index in [-0.39, 0.29) is 17.6 Å². The summed E-state index contributed by atoms with van der Waals surface area (Å²) in [4.78, 5) is 28.5. The molecule has 3 heterocycles. The molecule has 0 spiro atoms. The second-order valence-corrected chi connectivity index (χ2v) is 12.3. The van der Waals surface area contributed by atoms with Crippen molar-refractivity contribution >= 4 is 39.0 Å². The molecule has 2 aliphatic rings. The third-order valence-corrected chi connectivity index (χ3v) is 8.89. The summed E-state index contributed by atoms with van der Waals surface area (Å²) < 4.78 is 2.57. The van der Waals surface area contributed by atoms with Gasteiger partial charge in [0.1, 0.15) is 21.7 Å². The van der Waals surface area contributed by atoms with Crippen LogP contribution in [0.25, 0.3) is 11.4 Å². The molecule has 2 aromatic heterocycles. The Labute approximate surface area is 262 Å². The number of pyridine rings is 1. The summed E-state index contributed by atoms with van der Waals surface area (Å²) in [5.74, 6) is 3.62. The Bertz CT molecular complexity index is 1540. The van der Waals surface area contributed by atoms with E-state index in [9.17, 15) is 14.7 Å². The zero-order valence-corrected chi connectivity index (χ0v) is 27.2.